The van der Waals surface area contributed by atoms with Crippen LogP contribution >= 0.6 is 11.6 Å². The molecule has 0 heterocycles. The van der Waals surface area contributed by atoms with E-state index in [4.69, 9.17) is 11.6 Å². The summed E-state index contributed by atoms with van der Waals surface area (Å²) in [4.78, 5) is 21.3. The van der Waals surface area contributed by atoms with Crippen LogP contribution in [0.1, 0.15) is 18.4 Å². The summed E-state index contributed by atoms with van der Waals surface area (Å²) in [7, 11) is 1.27. The number of methoxy groups -OCH3 is 1. The molecular weight excluding hydrogens is 234 g/mol. The predicted molar refractivity (Wildman–Crippen MR) is 58.5 cm³/mol. The standard InChI is InChI=1S/C10H10ClNO4/c1-6(10(13)16-2)7-3-4-8(11)9(5-7)12(14)15/h3-6H,1-2H3/t6-/m0/s1. The molecule has 0 fully saturated rings. The van der Waals surface area contributed by atoms with Gasteiger partial charge in [-0.25, -0.2) is 0 Å². The Balaban J connectivity index is 3.12. The van der Waals surface area contributed by atoms with Crippen molar-refractivity contribution in [2.75, 3.05) is 7.11 Å². The lowest BCUT2D eigenvalue weighted by atomic mass is 10.0. The minimum absolute atomic E-state index is 0.0471. The quantitative estimate of drug-likeness (QED) is 0.465. The van der Waals surface area contributed by atoms with Gasteiger partial charge in [-0.1, -0.05) is 17.7 Å². The molecule has 0 N–H and O–H groups in total. The van der Waals surface area contributed by atoms with E-state index >= 15 is 0 Å². The van der Waals surface area contributed by atoms with Crippen LogP contribution in [0.15, 0.2) is 18.2 Å². The van der Waals surface area contributed by atoms with Crippen LogP contribution in [-0.4, -0.2) is 18.0 Å². The van der Waals surface area contributed by atoms with Gasteiger partial charge in [-0.3, -0.25) is 14.9 Å². The van der Waals surface area contributed by atoms with Crippen molar-refractivity contribution >= 4 is 23.3 Å². The zero-order chi connectivity index (χ0) is 12.3. The molecule has 0 aliphatic heterocycles. The third-order valence-electron chi connectivity index (χ3n) is 2.22. The first-order valence-electron chi connectivity index (χ1n) is 4.49. The van der Waals surface area contributed by atoms with E-state index in [1.54, 1.807) is 13.0 Å². The predicted octanol–water partition coefficient (Wildman–Crippen LogP) is 2.52. The van der Waals surface area contributed by atoms with Gasteiger partial charge in [0, 0.05) is 6.07 Å². The molecule has 0 aliphatic carbocycles. The van der Waals surface area contributed by atoms with E-state index < -0.39 is 16.8 Å². The molecule has 86 valence electrons. The highest BCUT2D eigenvalue weighted by Crippen LogP contribution is 2.28. The molecule has 0 amide bonds. The lowest BCUT2D eigenvalue weighted by Crippen LogP contribution is -2.10. The van der Waals surface area contributed by atoms with Gasteiger partial charge in [-0.2, -0.15) is 0 Å². The fourth-order valence-corrected chi connectivity index (χ4v) is 1.44. The van der Waals surface area contributed by atoms with Crippen molar-refractivity contribution in [3.8, 4) is 0 Å². The zero-order valence-corrected chi connectivity index (χ0v) is 9.52. The molecule has 1 aromatic carbocycles. The molecule has 1 rings (SSSR count). The van der Waals surface area contributed by atoms with Crippen LogP contribution in [0.2, 0.25) is 5.02 Å². The number of carbonyl (C=O) groups is 1. The van der Waals surface area contributed by atoms with Crippen molar-refractivity contribution in [2.24, 2.45) is 0 Å². The number of benzene rings is 1. The van der Waals surface area contributed by atoms with Crippen LogP contribution in [0.3, 0.4) is 0 Å². The highest BCUT2D eigenvalue weighted by Gasteiger charge is 2.20. The first-order chi connectivity index (χ1) is 7.47. The van der Waals surface area contributed by atoms with Crippen molar-refractivity contribution < 1.29 is 14.5 Å². The topological polar surface area (TPSA) is 69.4 Å². The van der Waals surface area contributed by atoms with Gasteiger partial charge in [-0.15, -0.1) is 0 Å². The summed E-state index contributed by atoms with van der Waals surface area (Å²) in [5, 5.41) is 10.7. The Kier molecular flexibility index (Phi) is 3.84. The SMILES string of the molecule is COC(=O)[C@@H](C)c1ccc(Cl)c([N+](=O)[O-])c1. The number of halogens is 1. The second kappa shape index (κ2) is 4.94. The van der Waals surface area contributed by atoms with E-state index in [9.17, 15) is 14.9 Å². The molecular formula is C10H10ClNO4. The summed E-state index contributed by atoms with van der Waals surface area (Å²) in [6, 6.07) is 4.25. The molecule has 0 saturated carbocycles. The molecule has 5 nitrogen and oxygen atoms in total. The van der Waals surface area contributed by atoms with E-state index in [1.165, 1.54) is 19.2 Å². The van der Waals surface area contributed by atoms with Crippen LogP contribution in [-0.2, 0) is 9.53 Å². The summed E-state index contributed by atoms with van der Waals surface area (Å²) >= 11 is 5.65. The minimum Gasteiger partial charge on any atom is -0.469 e. The van der Waals surface area contributed by atoms with Gasteiger partial charge in [-0.05, 0) is 18.6 Å². The van der Waals surface area contributed by atoms with Gasteiger partial charge in [0.25, 0.3) is 5.69 Å². The van der Waals surface area contributed by atoms with Crippen LogP contribution in [0.5, 0.6) is 0 Å². The van der Waals surface area contributed by atoms with E-state index in [2.05, 4.69) is 4.74 Å². The van der Waals surface area contributed by atoms with E-state index in [0.29, 0.717) is 5.56 Å². The average Bonchev–Trinajstić information content (AvgIpc) is 2.27. The molecule has 16 heavy (non-hydrogen) atoms. The van der Waals surface area contributed by atoms with Crippen LogP contribution in [0, 0.1) is 10.1 Å². The number of carbonyl (C=O) groups excluding carboxylic acids is 1. The summed E-state index contributed by atoms with van der Waals surface area (Å²) in [5.41, 5.74) is 0.290. The second-order valence-electron chi connectivity index (χ2n) is 3.21. The minimum atomic E-state index is -0.587. The number of nitro benzene ring substituents is 1. The lowest BCUT2D eigenvalue weighted by Gasteiger charge is -2.09. The zero-order valence-electron chi connectivity index (χ0n) is 8.77. The van der Waals surface area contributed by atoms with E-state index in [0.717, 1.165) is 0 Å². The number of nitro groups is 1. The van der Waals surface area contributed by atoms with E-state index in [1.807, 2.05) is 0 Å². The van der Waals surface area contributed by atoms with Gasteiger partial charge >= 0.3 is 5.97 Å². The van der Waals surface area contributed by atoms with Crippen LogP contribution in [0.25, 0.3) is 0 Å². The fourth-order valence-electron chi connectivity index (χ4n) is 1.25. The number of hydrogen-bond acceptors (Lipinski definition) is 4. The van der Waals surface area contributed by atoms with Crippen LogP contribution < -0.4 is 0 Å². The number of esters is 1. The highest BCUT2D eigenvalue weighted by molar-refractivity contribution is 6.32. The maximum absolute atomic E-state index is 11.3. The normalized spacial score (nSPS) is 11.9. The maximum Gasteiger partial charge on any atom is 0.312 e. The lowest BCUT2D eigenvalue weighted by molar-refractivity contribution is -0.384. The van der Waals surface area contributed by atoms with Crippen molar-refractivity contribution in [3.05, 3.63) is 38.9 Å². The van der Waals surface area contributed by atoms with Crippen molar-refractivity contribution in [2.45, 2.75) is 12.8 Å². The number of hydrogen-bond donors (Lipinski definition) is 0. The molecule has 0 radical (unpaired) electrons. The monoisotopic (exact) mass is 243 g/mol. The molecule has 1 atom stereocenters. The molecule has 1 aromatic rings. The first kappa shape index (κ1) is 12.4. The molecule has 0 unspecified atom stereocenters. The van der Waals surface area contributed by atoms with Crippen LogP contribution in [0.4, 0.5) is 5.69 Å². The Morgan fingerprint density at radius 3 is 2.69 bits per heavy atom. The molecule has 0 bridgehead atoms. The van der Waals surface area contributed by atoms with Crippen molar-refractivity contribution in [3.63, 3.8) is 0 Å². The average molecular weight is 244 g/mol. The summed E-state index contributed by atoms with van der Waals surface area (Å²) in [6.07, 6.45) is 0. The Labute approximate surface area is 97.1 Å². The Morgan fingerprint density at radius 2 is 2.19 bits per heavy atom. The van der Waals surface area contributed by atoms with Gasteiger partial charge in [0.05, 0.1) is 18.0 Å². The molecule has 0 aliphatic rings. The summed E-state index contributed by atoms with van der Waals surface area (Å²) in [6.45, 7) is 1.61. The van der Waals surface area contributed by atoms with Gasteiger partial charge in [0.1, 0.15) is 5.02 Å². The summed E-state index contributed by atoms with van der Waals surface area (Å²) in [5.74, 6) is -1.00. The second-order valence-corrected chi connectivity index (χ2v) is 3.62. The molecule has 0 saturated heterocycles. The van der Waals surface area contributed by atoms with Crippen molar-refractivity contribution in [1.82, 2.24) is 0 Å². The maximum atomic E-state index is 11.3. The first-order valence-corrected chi connectivity index (χ1v) is 4.86. The van der Waals surface area contributed by atoms with Gasteiger partial charge in [0.15, 0.2) is 0 Å². The number of rotatable bonds is 3. The van der Waals surface area contributed by atoms with Crippen molar-refractivity contribution in [1.29, 1.82) is 0 Å². The Bertz CT molecular complexity index is 433. The molecule has 0 spiro atoms. The third-order valence-corrected chi connectivity index (χ3v) is 2.54. The highest BCUT2D eigenvalue weighted by atomic mass is 35.5. The number of ether oxygens (including phenoxy) is 1. The smallest absolute Gasteiger partial charge is 0.312 e. The Morgan fingerprint density at radius 1 is 1.56 bits per heavy atom. The van der Waals surface area contributed by atoms with E-state index in [-0.39, 0.29) is 10.7 Å². The largest absolute Gasteiger partial charge is 0.469 e. The number of nitrogens with zero attached hydrogens (tertiary/aromatic N) is 1. The molecule has 0 aromatic heterocycles. The third kappa shape index (κ3) is 2.49. The molecule has 6 heteroatoms. The van der Waals surface area contributed by atoms with Gasteiger partial charge < -0.3 is 4.74 Å². The Hall–Kier alpha value is -1.62. The van der Waals surface area contributed by atoms with Gasteiger partial charge in [0.2, 0.25) is 0 Å². The summed E-state index contributed by atoms with van der Waals surface area (Å²) < 4.78 is 4.56. The fraction of sp³-hybridized carbons (Fsp3) is 0.300.